The summed E-state index contributed by atoms with van der Waals surface area (Å²) in [5.74, 6) is -1.84. The van der Waals surface area contributed by atoms with Gasteiger partial charge in [0.05, 0.1) is 17.0 Å². The van der Waals surface area contributed by atoms with Crippen molar-refractivity contribution in [1.29, 1.82) is 0 Å². The van der Waals surface area contributed by atoms with Gasteiger partial charge >= 0.3 is 0 Å². The predicted molar refractivity (Wildman–Crippen MR) is 81.9 cm³/mol. The average Bonchev–Trinajstić information content (AvgIpc) is 3.13. The van der Waals surface area contributed by atoms with E-state index in [9.17, 15) is 13.6 Å². The van der Waals surface area contributed by atoms with Gasteiger partial charge in [-0.2, -0.15) is 0 Å². The van der Waals surface area contributed by atoms with Crippen LogP contribution < -0.4 is 5.32 Å². The number of amides is 1. The summed E-state index contributed by atoms with van der Waals surface area (Å²) in [6, 6.07) is 7.25. The molecule has 1 saturated heterocycles. The summed E-state index contributed by atoms with van der Waals surface area (Å²) in [5, 5.41) is 4.86. The number of benzene rings is 1. The zero-order valence-corrected chi connectivity index (χ0v) is 12.9. The molecule has 0 saturated carbocycles. The van der Waals surface area contributed by atoms with Crippen molar-refractivity contribution in [2.75, 3.05) is 13.6 Å². The molecule has 2 atom stereocenters. The molecule has 22 heavy (non-hydrogen) atoms. The smallest absolute Gasteiger partial charge is 0.261 e. The minimum atomic E-state index is -0.860. The van der Waals surface area contributed by atoms with Crippen LogP contribution in [0.1, 0.15) is 27.7 Å². The molecule has 1 aromatic carbocycles. The zero-order valence-electron chi connectivity index (χ0n) is 12.1. The van der Waals surface area contributed by atoms with Gasteiger partial charge in [0, 0.05) is 6.54 Å². The number of halogens is 2. The molecule has 1 fully saturated rings. The van der Waals surface area contributed by atoms with Gasteiger partial charge in [0.2, 0.25) is 0 Å². The van der Waals surface area contributed by atoms with Gasteiger partial charge in [-0.05, 0) is 42.6 Å². The molecule has 2 heterocycles. The summed E-state index contributed by atoms with van der Waals surface area (Å²) in [6.45, 7) is 0.791. The van der Waals surface area contributed by atoms with Crippen molar-refractivity contribution >= 4 is 17.2 Å². The van der Waals surface area contributed by atoms with Gasteiger partial charge in [-0.15, -0.1) is 11.3 Å². The molecule has 3 rings (SSSR count). The van der Waals surface area contributed by atoms with Crippen LogP contribution in [-0.4, -0.2) is 30.4 Å². The molecule has 0 radical (unpaired) electrons. The number of rotatable bonds is 3. The molecule has 6 heteroatoms. The van der Waals surface area contributed by atoms with Crippen LogP contribution >= 0.6 is 11.3 Å². The zero-order chi connectivity index (χ0) is 15.7. The van der Waals surface area contributed by atoms with Crippen LogP contribution in [0.4, 0.5) is 8.78 Å². The van der Waals surface area contributed by atoms with Gasteiger partial charge in [0.25, 0.3) is 5.91 Å². The van der Waals surface area contributed by atoms with Gasteiger partial charge in [-0.1, -0.05) is 12.1 Å². The van der Waals surface area contributed by atoms with Gasteiger partial charge in [0.1, 0.15) is 0 Å². The number of likely N-dealkylation sites (tertiary alicyclic amines) is 1. The Morgan fingerprint density at radius 1 is 1.32 bits per heavy atom. The summed E-state index contributed by atoms with van der Waals surface area (Å²) in [7, 11) is 1.92. The van der Waals surface area contributed by atoms with Crippen LogP contribution in [0.25, 0.3) is 0 Å². The Balaban J connectivity index is 1.81. The maximum absolute atomic E-state index is 13.5. The van der Waals surface area contributed by atoms with Crippen LogP contribution in [0.15, 0.2) is 35.7 Å². The number of carbonyl (C=O) groups excluding carboxylic acids is 1. The van der Waals surface area contributed by atoms with Crippen molar-refractivity contribution < 1.29 is 13.6 Å². The monoisotopic (exact) mass is 322 g/mol. The van der Waals surface area contributed by atoms with Gasteiger partial charge in [0.15, 0.2) is 11.6 Å². The standard InChI is InChI=1S/C16H16F2N2OS/c1-20-7-6-13(19-16(21)14-3-2-8-22-14)15(20)10-4-5-11(17)12(18)9-10/h2-5,8-9,13,15H,6-7H2,1H3,(H,19,21)/t13-,15+/m0/s1. The number of hydrogen-bond donors (Lipinski definition) is 1. The lowest BCUT2D eigenvalue weighted by Crippen LogP contribution is -2.38. The van der Waals surface area contributed by atoms with E-state index in [-0.39, 0.29) is 18.0 Å². The highest BCUT2D eigenvalue weighted by Crippen LogP contribution is 2.32. The summed E-state index contributed by atoms with van der Waals surface area (Å²) >= 11 is 1.38. The number of carbonyl (C=O) groups is 1. The molecule has 1 aliphatic heterocycles. The van der Waals surface area contributed by atoms with Gasteiger partial charge in [-0.25, -0.2) is 8.78 Å². The molecule has 1 N–H and O–H groups in total. The quantitative estimate of drug-likeness (QED) is 0.941. The SMILES string of the molecule is CN1CC[C@H](NC(=O)c2cccs2)[C@H]1c1ccc(F)c(F)c1. The first-order valence-corrected chi connectivity index (χ1v) is 7.94. The predicted octanol–water partition coefficient (Wildman–Crippen LogP) is 3.20. The van der Waals surface area contributed by atoms with Gasteiger partial charge < -0.3 is 5.32 Å². The second kappa shape index (κ2) is 6.14. The third kappa shape index (κ3) is 2.89. The lowest BCUT2D eigenvalue weighted by atomic mass is 10.00. The Morgan fingerprint density at radius 2 is 2.14 bits per heavy atom. The Labute approximate surface area is 131 Å². The fraction of sp³-hybridized carbons (Fsp3) is 0.312. The summed E-state index contributed by atoms with van der Waals surface area (Å²) in [6.07, 6.45) is 0.775. The molecule has 0 spiro atoms. The number of nitrogens with one attached hydrogen (secondary N) is 1. The van der Waals surface area contributed by atoms with Crippen LogP contribution in [0.2, 0.25) is 0 Å². The largest absolute Gasteiger partial charge is 0.347 e. The highest BCUT2D eigenvalue weighted by Gasteiger charge is 2.34. The molecule has 0 aliphatic carbocycles. The van der Waals surface area contributed by atoms with Crippen LogP contribution in [-0.2, 0) is 0 Å². The first kappa shape index (κ1) is 15.1. The van der Waals surface area contributed by atoms with Crippen molar-refractivity contribution in [3.05, 3.63) is 57.8 Å². The van der Waals surface area contributed by atoms with E-state index in [4.69, 9.17) is 0 Å². The van der Waals surface area contributed by atoms with E-state index in [0.29, 0.717) is 10.4 Å². The van der Waals surface area contributed by atoms with E-state index < -0.39 is 11.6 Å². The molecule has 1 aliphatic rings. The number of likely N-dealkylation sites (N-methyl/N-ethyl adjacent to an activating group) is 1. The maximum atomic E-state index is 13.5. The van der Waals surface area contributed by atoms with Crippen molar-refractivity contribution in [2.24, 2.45) is 0 Å². The summed E-state index contributed by atoms with van der Waals surface area (Å²) < 4.78 is 26.6. The second-order valence-electron chi connectivity index (χ2n) is 5.44. The molecular weight excluding hydrogens is 306 g/mol. The van der Waals surface area contributed by atoms with E-state index in [1.165, 1.54) is 17.4 Å². The minimum Gasteiger partial charge on any atom is -0.347 e. The third-order valence-corrected chi connectivity index (χ3v) is 4.86. The summed E-state index contributed by atoms with van der Waals surface area (Å²) in [5.41, 5.74) is 0.676. The van der Waals surface area contributed by atoms with E-state index in [1.54, 1.807) is 12.1 Å². The van der Waals surface area contributed by atoms with Crippen molar-refractivity contribution in [1.82, 2.24) is 10.2 Å². The molecule has 0 bridgehead atoms. The molecule has 2 aromatic rings. The third-order valence-electron chi connectivity index (χ3n) is 4.00. The van der Waals surface area contributed by atoms with Crippen molar-refractivity contribution in [3.8, 4) is 0 Å². The normalized spacial score (nSPS) is 22.0. The highest BCUT2D eigenvalue weighted by molar-refractivity contribution is 7.12. The fourth-order valence-corrected chi connectivity index (χ4v) is 3.56. The molecule has 116 valence electrons. The minimum absolute atomic E-state index is 0.121. The molecule has 1 amide bonds. The fourth-order valence-electron chi connectivity index (χ4n) is 2.93. The van der Waals surface area contributed by atoms with E-state index in [0.717, 1.165) is 19.0 Å². The number of hydrogen-bond acceptors (Lipinski definition) is 3. The van der Waals surface area contributed by atoms with E-state index >= 15 is 0 Å². The highest BCUT2D eigenvalue weighted by atomic mass is 32.1. The molecular formula is C16H16F2N2OS. The first-order valence-electron chi connectivity index (χ1n) is 7.06. The lowest BCUT2D eigenvalue weighted by molar-refractivity contribution is 0.0932. The molecule has 3 nitrogen and oxygen atoms in total. The number of thiophene rings is 1. The van der Waals surface area contributed by atoms with Crippen LogP contribution in [0.3, 0.4) is 0 Å². The lowest BCUT2D eigenvalue weighted by Gasteiger charge is -2.26. The Bertz CT molecular complexity index is 675. The molecule has 0 unspecified atom stereocenters. The Hall–Kier alpha value is -1.79. The second-order valence-corrected chi connectivity index (χ2v) is 6.39. The summed E-state index contributed by atoms with van der Waals surface area (Å²) in [4.78, 5) is 14.9. The van der Waals surface area contributed by atoms with E-state index in [2.05, 4.69) is 5.32 Å². The van der Waals surface area contributed by atoms with Crippen molar-refractivity contribution in [2.45, 2.75) is 18.5 Å². The van der Waals surface area contributed by atoms with Gasteiger partial charge in [-0.3, -0.25) is 9.69 Å². The topological polar surface area (TPSA) is 32.3 Å². The van der Waals surface area contributed by atoms with Crippen LogP contribution in [0.5, 0.6) is 0 Å². The average molecular weight is 322 g/mol. The van der Waals surface area contributed by atoms with E-state index in [1.807, 2.05) is 23.4 Å². The van der Waals surface area contributed by atoms with Crippen molar-refractivity contribution in [3.63, 3.8) is 0 Å². The van der Waals surface area contributed by atoms with Crippen LogP contribution in [0, 0.1) is 11.6 Å². The Kier molecular flexibility index (Phi) is 4.22. The first-order chi connectivity index (χ1) is 10.6. The number of nitrogens with zero attached hydrogens (tertiary/aromatic N) is 1. The Morgan fingerprint density at radius 3 is 2.82 bits per heavy atom. The maximum Gasteiger partial charge on any atom is 0.261 e. The molecule has 1 aromatic heterocycles.